The van der Waals surface area contributed by atoms with Gasteiger partial charge >= 0.3 is 0 Å². The molecule has 1 unspecified atom stereocenters. The molecule has 0 aliphatic carbocycles. The molecule has 10 nitrogen and oxygen atoms in total. The molecule has 3 saturated heterocycles. The van der Waals surface area contributed by atoms with Crippen LogP contribution in [0, 0.1) is 5.82 Å². The molecule has 2 aromatic rings. The van der Waals surface area contributed by atoms with Gasteiger partial charge in [-0.15, -0.1) is 10.2 Å². The van der Waals surface area contributed by atoms with Gasteiger partial charge < -0.3 is 19.3 Å². The number of rotatable bonds is 8. The van der Waals surface area contributed by atoms with E-state index in [1.54, 1.807) is 6.92 Å². The van der Waals surface area contributed by atoms with Crippen molar-refractivity contribution >= 4 is 21.7 Å². The molecular weight excluding hydrogens is 499 g/mol. The molecule has 1 aromatic heterocycles. The molecule has 3 fully saturated rings. The van der Waals surface area contributed by atoms with Gasteiger partial charge in [-0.1, -0.05) is 0 Å². The minimum Gasteiger partial charge on any atom is -0.491 e. The summed E-state index contributed by atoms with van der Waals surface area (Å²) < 4.78 is 52.7. The molecule has 0 N–H and O–H groups in total. The lowest BCUT2D eigenvalue weighted by molar-refractivity contribution is 0.0712. The monoisotopic (exact) mass is 534 g/mol. The van der Waals surface area contributed by atoms with Crippen LogP contribution in [0.5, 0.6) is 5.75 Å². The van der Waals surface area contributed by atoms with Gasteiger partial charge in [0, 0.05) is 65.5 Å². The van der Waals surface area contributed by atoms with E-state index in [1.165, 1.54) is 22.9 Å². The van der Waals surface area contributed by atoms with Crippen molar-refractivity contribution in [1.82, 2.24) is 19.4 Å². The molecular formula is C25H35FN6O4S. The zero-order valence-corrected chi connectivity index (χ0v) is 22.1. The minimum atomic E-state index is -3.80. The number of anilines is 2. The quantitative estimate of drug-likeness (QED) is 0.503. The van der Waals surface area contributed by atoms with Crippen molar-refractivity contribution in [3.8, 4) is 5.75 Å². The van der Waals surface area contributed by atoms with E-state index in [-0.39, 0.29) is 23.7 Å². The molecule has 0 radical (unpaired) electrons. The average Bonchev–Trinajstić information content (AvgIpc) is 3.44. The second-order valence-electron chi connectivity index (χ2n) is 9.59. The third kappa shape index (κ3) is 5.97. The van der Waals surface area contributed by atoms with Crippen LogP contribution in [0.1, 0.15) is 19.8 Å². The zero-order valence-electron chi connectivity index (χ0n) is 21.3. The number of hydrogen-bond acceptors (Lipinski definition) is 9. The maximum atomic E-state index is 14.2. The largest absolute Gasteiger partial charge is 0.491 e. The Kier molecular flexibility index (Phi) is 8.08. The number of sulfonamides is 1. The molecule has 0 amide bonds. The first-order valence-electron chi connectivity index (χ1n) is 13.0. The van der Waals surface area contributed by atoms with Gasteiger partial charge in [0.05, 0.1) is 17.6 Å². The molecule has 5 rings (SSSR count). The average molecular weight is 535 g/mol. The smallest absolute Gasteiger partial charge is 0.243 e. The van der Waals surface area contributed by atoms with Gasteiger partial charge in [-0.2, -0.15) is 4.31 Å². The highest BCUT2D eigenvalue weighted by Crippen LogP contribution is 2.25. The van der Waals surface area contributed by atoms with E-state index in [0.29, 0.717) is 25.8 Å². The van der Waals surface area contributed by atoms with Crippen LogP contribution in [-0.4, -0.2) is 106 Å². The molecule has 1 aromatic carbocycles. The van der Waals surface area contributed by atoms with Crippen molar-refractivity contribution in [2.24, 2.45) is 0 Å². The lowest BCUT2D eigenvalue weighted by atomic mass is 10.2. The Morgan fingerprint density at radius 1 is 0.973 bits per heavy atom. The molecule has 202 valence electrons. The summed E-state index contributed by atoms with van der Waals surface area (Å²) in [5.74, 6) is 0.958. The number of benzene rings is 1. The molecule has 3 aliphatic heterocycles. The summed E-state index contributed by atoms with van der Waals surface area (Å²) >= 11 is 0. The molecule has 0 spiro atoms. The Bertz CT molecular complexity index is 1150. The lowest BCUT2D eigenvalue weighted by Crippen LogP contribution is -2.49. The minimum absolute atomic E-state index is 0.0499. The third-order valence-corrected chi connectivity index (χ3v) is 9.12. The summed E-state index contributed by atoms with van der Waals surface area (Å²) in [7, 11) is -3.80. The molecule has 12 heteroatoms. The molecule has 0 bridgehead atoms. The highest BCUT2D eigenvalue weighted by molar-refractivity contribution is 7.89. The summed E-state index contributed by atoms with van der Waals surface area (Å²) in [6, 6.07) is 7.72. The number of aromatic nitrogens is 2. The number of hydrogen-bond donors (Lipinski definition) is 0. The van der Waals surface area contributed by atoms with E-state index in [9.17, 15) is 12.8 Å². The van der Waals surface area contributed by atoms with E-state index in [4.69, 9.17) is 9.47 Å². The van der Waals surface area contributed by atoms with E-state index in [1.807, 2.05) is 17.0 Å². The van der Waals surface area contributed by atoms with Crippen LogP contribution < -0.4 is 14.5 Å². The number of halogens is 1. The molecule has 0 saturated carbocycles. The Labute approximate surface area is 218 Å². The fourth-order valence-electron chi connectivity index (χ4n) is 5.11. The van der Waals surface area contributed by atoms with Gasteiger partial charge in [-0.05, 0) is 50.1 Å². The third-order valence-electron chi connectivity index (χ3n) is 7.22. The van der Waals surface area contributed by atoms with E-state index in [2.05, 4.69) is 20.0 Å². The summed E-state index contributed by atoms with van der Waals surface area (Å²) in [5.41, 5.74) is 0. The van der Waals surface area contributed by atoms with Crippen LogP contribution >= 0.6 is 0 Å². The Balaban J connectivity index is 1.13. The van der Waals surface area contributed by atoms with Crippen molar-refractivity contribution in [2.45, 2.75) is 30.8 Å². The zero-order chi connectivity index (χ0) is 25.8. The predicted octanol–water partition coefficient (Wildman–Crippen LogP) is 1.83. The first kappa shape index (κ1) is 26.1. The van der Waals surface area contributed by atoms with Crippen molar-refractivity contribution in [3.05, 3.63) is 36.1 Å². The number of ether oxygens (including phenoxy) is 2. The topological polar surface area (TPSA) is 91.3 Å². The van der Waals surface area contributed by atoms with Crippen LogP contribution in [0.3, 0.4) is 0 Å². The van der Waals surface area contributed by atoms with Gasteiger partial charge in [0.25, 0.3) is 0 Å². The SMILES string of the molecule is CCOc1ccc(S(=O)(=O)N2CCN(c3ccc(N4CCN(CC5CCCO5)CC4)nn3)CC2)cc1F. The van der Waals surface area contributed by atoms with E-state index >= 15 is 0 Å². The van der Waals surface area contributed by atoms with E-state index < -0.39 is 15.8 Å². The first-order valence-corrected chi connectivity index (χ1v) is 14.5. The summed E-state index contributed by atoms with van der Waals surface area (Å²) in [6.45, 7) is 9.26. The first-order chi connectivity index (χ1) is 17.9. The van der Waals surface area contributed by atoms with Gasteiger partial charge in [0.2, 0.25) is 10.0 Å². The summed E-state index contributed by atoms with van der Waals surface area (Å²) in [5, 5.41) is 8.89. The summed E-state index contributed by atoms with van der Waals surface area (Å²) in [4.78, 5) is 6.68. The molecule has 37 heavy (non-hydrogen) atoms. The second-order valence-corrected chi connectivity index (χ2v) is 11.5. The van der Waals surface area contributed by atoms with Crippen LogP contribution in [0.25, 0.3) is 0 Å². The molecule has 3 aliphatic rings. The van der Waals surface area contributed by atoms with Crippen LogP contribution in [-0.2, 0) is 14.8 Å². The second kappa shape index (κ2) is 11.5. The highest BCUT2D eigenvalue weighted by Gasteiger charge is 2.30. The fraction of sp³-hybridized carbons (Fsp3) is 0.600. The van der Waals surface area contributed by atoms with Crippen molar-refractivity contribution < 1.29 is 22.3 Å². The standard InChI is InChI=1S/C25H35FN6O4S/c1-2-35-23-6-5-21(18-22(23)26)37(33,34)32-15-13-31(14-16-32)25-8-7-24(27-28-25)30-11-9-29(10-12-30)19-20-4-3-17-36-20/h5-8,18,20H,2-4,9-17,19H2,1H3. The van der Waals surface area contributed by atoms with Crippen LogP contribution in [0.4, 0.5) is 16.0 Å². The predicted molar refractivity (Wildman–Crippen MR) is 138 cm³/mol. The number of nitrogens with zero attached hydrogens (tertiary/aromatic N) is 6. The fourth-order valence-corrected chi connectivity index (χ4v) is 6.55. The van der Waals surface area contributed by atoms with Crippen LogP contribution in [0.15, 0.2) is 35.2 Å². The normalized spacial score (nSPS) is 21.9. The Hall–Kier alpha value is -2.54. The maximum absolute atomic E-state index is 14.2. The maximum Gasteiger partial charge on any atom is 0.243 e. The molecule has 1 atom stereocenters. The van der Waals surface area contributed by atoms with Gasteiger partial charge in [0.15, 0.2) is 23.2 Å². The van der Waals surface area contributed by atoms with Gasteiger partial charge in [-0.3, -0.25) is 4.90 Å². The Morgan fingerprint density at radius 3 is 2.16 bits per heavy atom. The van der Waals surface area contributed by atoms with Gasteiger partial charge in [0.1, 0.15) is 0 Å². The lowest BCUT2D eigenvalue weighted by Gasteiger charge is -2.36. The van der Waals surface area contributed by atoms with Crippen LogP contribution in [0.2, 0.25) is 0 Å². The van der Waals surface area contributed by atoms with Crippen molar-refractivity contribution in [1.29, 1.82) is 0 Å². The number of piperazine rings is 2. The summed E-state index contributed by atoms with van der Waals surface area (Å²) in [6.07, 6.45) is 2.70. The van der Waals surface area contributed by atoms with Crippen molar-refractivity contribution in [3.63, 3.8) is 0 Å². The Morgan fingerprint density at radius 2 is 1.62 bits per heavy atom. The van der Waals surface area contributed by atoms with Gasteiger partial charge in [-0.25, -0.2) is 12.8 Å². The van der Waals surface area contributed by atoms with E-state index in [0.717, 1.165) is 63.5 Å². The highest BCUT2D eigenvalue weighted by atomic mass is 32.2. The molecule has 4 heterocycles. The van der Waals surface area contributed by atoms with Crippen molar-refractivity contribution in [2.75, 3.05) is 81.9 Å².